The van der Waals surface area contributed by atoms with Crippen LogP contribution in [0.15, 0.2) is 29.6 Å². The van der Waals surface area contributed by atoms with E-state index in [1.54, 1.807) is 11.3 Å². The van der Waals surface area contributed by atoms with Crippen molar-refractivity contribution in [1.29, 1.82) is 0 Å². The molecule has 1 amide bonds. The summed E-state index contributed by atoms with van der Waals surface area (Å²) >= 11 is 1.60. The van der Waals surface area contributed by atoms with Gasteiger partial charge in [-0.15, -0.1) is 11.3 Å². The molecule has 2 aromatic rings. The van der Waals surface area contributed by atoms with Gasteiger partial charge in [0.1, 0.15) is 0 Å². The van der Waals surface area contributed by atoms with Crippen LogP contribution in [-0.2, 0) is 4.79 Å². The second-order valence-electron chi connectivity index (χ2n) is 5.97. The van der Waals surface area contributed by atoms with Gasteiger partial charge in [0, 0.05) is 29.1 Å². The molecule has 122 valence electrons. The van der Waals surface area contributed by atoms with Crippen molar-refractivity contribution in [2.24, 2.45) is 5.92 Å². The van der Waals surface area contributed by atoms with Crippen LogP contribution in [0.4, 0.5) is 10.8 Å². The number of hydrogen-bond acceptors (Lipinski definition) is 4. The minimum atomic E-state index is 0.161. The van der Waals surface area contributed by atoms with Gasteiger partial charge in [-0.2, -0.15) is 0 Å². The van der Waals surface area contributed by atoms with Gasteiger partial charge in [-0.25, -0.2) is 4.98 Å². The first kappa shape index (κ1) is 16.0. The Kier molecular flexibility index (Phi) is 5.28. The van der Waals surface area contributed by atoms with Gasteiger partial charge in [0.25, 0.3) is 0 Å². The van der Waals surface area contributed by atoms with Crippen LogP contribution < -0.4 is 10.6 Å². The summed E-state index contributed by atoms with van der Waals surface area (Å²) in [5.41, 5.74) is 2.84. The standard InChI is InChI=1S/C18H23N3OS/c1-2-19-18-21-16(12-23-18)14-9-6-10-15(11-14)20-17(22)13-7-4-3-5-8-13/h6,9-13H,2-5,7-8H2,1H3,(H,19,21)(H,20,22). The minimum absolute atomic E-state index is 0.161. The molecular weight excluding hydrogens is 306 g/mol. The molecule has 4 nitrogen and oxygen atoms in total. The third kappa shape index (κ3) is 4.10. The van der Waals surface area contributed by atoms with E-state index in [4.69, 9.17) is 0 Å². The summed E-state index contributed by atoms with van der Waals surface area (Å²) in [5.74, 6) is 0.334. The van der Waals surface area contributed by atoms with E-state index in [2.05, 4.69) is 22.5 Å². The lowest BCUT2D eigenvalue weighted by molar-refractivity contribution is -0.120. The van der Waals surface area contributed by atoms with E-state index < -0.39 is 0 Å². The lowest BCUT2D eigenvalue weighted by atomic mass is 9.88. The number of carbonyl (C=O) groups is 1. The summed E-state index contributed by atoms with van der Waals surface area (Å²) in [4.78, 5) is 16.9. The van der Waals surface area contributed by atoms with Crippen molar-refractivity contribution in [2.45, 2.75) is 39.0 Å². The molecule has 1 saturated carbocycles. The first-order valence-corrected chi connectivity index (χ1v) is 9.25. The predicted molar refractivity (Wildman–Crippen MR) is 96.9 cm³/mol. The van der Waals surface area contributed by atoms with E-state index in [9.17, 15) is 4.79 Å². The smallest absolute Gasteiger partial charge is 0.227 e. The summed E-state index contributed by atoms with van der Waals surface area (Å²) in [6, 6.07) is 7.95. The Bertz CT molecular complexity index is 662. The molecule has 0 spiro atoms. The lowest BCUT2D eigenvalue weighted by Gasteiger charge is -2.20. The van der Waals surface area contributed by atoms with Crippen molar-refractivity contribution in [3.05, 3.63) is 29.6 Å². The minimum Gasteiger partial charge on any atom is -0.362 e. The zero-order chi connectivity index (χ0) is 16.1. The number of rotatable bonds is 5. The van der Waals surface area contributed by atoms with Gasteiger partial charge in [-0.3, -0.25) is 4.79 Å². The number of benzene rings is 1. The molecule has 1 aliphatic rings. The van der Waals surface area contributed by atoms with Crippen LogP contribution in [0.2, 0.25) is 0 Å². The first-order valence-electron chi connectivity index (χ1n) is 8.37. The van der Waals surface area contributed by atoms with Crippen molar-refractivity contribution < 1.29 is 4.79 Å². The van der Waals surface area contributed by atoms with Crippen molar-refractivity contribution in [3.8, 4) is 11.3 Å². The molecule has 0 saturated heterocycles. The SMILES string of the molecule is CCNc1nc(-c2cccc(NC(=O)C3CCCCC3)c2)cs1. The third-order valence-corrected chi connectivity index (χ3v) is 5.03. The second kappa shape index (κ2) is 7.59. The first-order chi connectivity index (χ1) is 11.3. The Labute approximate surface area is 141 Å². The normalized spacial score (nSPS) is 15.3. The zero-order valence-electron chi connectivity index (χ0n) is 13.5. The van der Waals surface area contributed by atoms with Gasteiger partial charge in [-0.05, 0) is 31.9 Å². The van der Waals surface area contributed by atoms with Gasteiger partial charge in [0.2, 0.25) is 5.91 Å². The van der Waals surface area contributed by atoms with Gasteiger partial charge in [-0.1, -0.05) is 31.4 Å². The Balaban J connectivity index is 1.70. The highest BCUT2D eigenvalue weighted by Crippen LogP contribution is 2.28. The molecule has 1 aromatic heterocycles. The maximum absolute atomic E-state index is 12.4. The molecule has 0 bridgehead atoms. The van der Waals surface area contributed by atoms with Crippen molar-refractivity contribution in [1.82, 2.24) is 4.98 Å². The maximum Gasteiger partial charge on any atom is 0.227 e. The second-order valence-corrected chi connectivity index (χ2v) is 6.83. The summed E-state index contributed by atoms with van der Waals surface area (Å²) in [6.07, 6.45) is 5.64. The van der Waals surface area contributed by atoms with Crippen molar-refractivity contribution in [3.63, 3.8) is 0 Å². The molecule has 23 heavy (non-hydrogen) atoms. The number of carbonyl (C=O) groups excluding carboxylic acids is 1. The molecule has 3 rings (SSSR count). The molecule has 1 fully saturated rings. The van der Waals surface area contributed by atoms with Crippen LogP contribution in [0.3, 0.4) is 0 Å². The Morgan fingerprint density at radius 3 is 2.91 bits per heavy atom. The fraction of sp³-hybridized carbons (Fsp3) is 0.444. The number of hydrogen-bond donors (Lipinski definition) is 2. The molecule has 0 radical (unpaired) electrons. The molecule has 2 N–H and O–H groups in total. The van der Waals surface area contributed by atoms with Gasteiger partial charge < -0.3 is 10.6 Å². The van der Waals surface area contributed by atoms with Crippen LogP contribution in [0.1, 0.15) is 39.0 Å². The number of anilines is 2. The number of nitrogens with zero attached hydrogens (tertiary/aromatic N) is 1. The van der Waals surface area contributed by atoms with E-state index in [1.807, 2.05) is 29.6 Å². The van der Waals surface area contributed by atoms with E-state index in [1.165, 1.54) is 19.3 Å². The monoisotopic (exact) mass is 329 g/mol. The highest BCUT2D eigenvalue weighted by molar-refractivity contribution is 7.14. The van der Waals surface area contributed by atoms with E-state index in [0.717, 1.165) is 41.5 Å². The molecule has 1 aromatic carbocycles. The summed E-state index contributed by atoms with van der Waals surface area (Å²) in [6.45, 7) is 2.92. The molecule has 0 unspecified atom stereocenters. The summed E-state index contributed by atoms with van der Waals surface area (Å²) in [7, 11) is 0. The highest BCUT2D eigenvalue weighted by atomic mass is 32.1. The van der Waals surface area contributed by atoms with E-state index >= 15 is 0 Å². The van der Waals surface area contributed by atoms with Crippen molar-refractivity contribution >= 4 is 28.1 Å². The topological polar surface area (TPSA) is 54.0 Å². The van der Waals surface area contributed by atoms with Crippen molar-refractivity contribution in [2.75, 3.05) is 17.2 Å². The molecule has 1 heterocycles. The Morgan fingerprint density at radius 2 is 2.13 bits per heavy atom. The average molecular weight is 329 g/mol. The largest absolute Gasteiger partial charge is 0.362 e. The highest BCUT2D eigenvalue weighted by Gasteiger charge is 2.21. The number of aromatic nitrogens is 1. The average Bonchev–Trinajstić information content (AvgIpc) is 3.05. The quantitative estimate of drug-likeness (QED) is 0.831. The predicted octanol–water partition coefficient (Wildman–Crippen LogP) is 4.76. The molecule has 1 aliphatic carbocycles. The van der Waals surface area contributed by atoms with Crippen LogP contribution in [0, 0.1) is 5.92 Å². The Hall–Kier alpha value is -1.88. The van der Waals surface area contributed by atoms with Crippen LogP contribution in [-0.4, -0.2) is 17.4 Å². The Morgan fingerprint density at radius 1 is 1.30 bits per heavy atom. The summed E-state index contributed by atoms with van der Waals surface area (Å²) < 4.78 is 0. The summed E-state index contributed by atoms with van der Waals surface area (Å²) in [5, 5.41) is 9.27. The van der Waals surface area contributed by atoms with Gasteiger partial charge in [0.05, 0.1) is 5.69 Å². The number of nitrogens with one attached hydrogen (secondary N) is 2. The van der Waals surface area contributed by atoms with E-state index in [-0.39, 0.29) is 11.8 Å². The van der Waals surface area contributed by atoms with Crippen LogP contribution in [0.25, 0.3) is 11.3 Å². The fourth-order valence-corrected chi connectivity index (χ4v) is 3.79. The molecule has 0 aliphatic heterocycles. The van der Waals surface area contributed by atoms with Gasteiger partial charge >= 0.3 is 0 Å². The molecule has 0 atom stereocenters. The number of amides is 1. The molecular formula is C18H23N3OS. The fourth-order valence-electron chi connectivity index (χ4n) is 3.00. The molecule has 5 heteroatoms. The van der Waals surface area contributed by atoms with Crippen LogP contribution >= 0.6 is 11.3 Å². The van der Waals surface area contributed by atoms with Crippen LogP contribution in [0.5, 0.6) is 0 Å². The lowest BCUT2D eigenvalue weighted by Crippen LogP contribution is -2.24. The van der Waals surface area contributed by atoms with E-state index in [0.29, 0.717) is 0 Å². The maximum atomic E-state index is 12.4. The van der Waals surface area contributed by atoms with Gasteiger partial charge in [0.15, 0.2) is 5.13 Å². The zero-order valence-corrected chi connectivity index (χ0v) is 14.3. The number of thiazole rings is 1. The third-order valence-electron chi connectivity index (χ3n) is 4.23.